The van der Waals surface area contributed by atoms with Crippen LogP contribution in [0.4, 0.5) is 11.7 Å². The maximum Gasteiger partial charge on any atom is 0.292 e. The van der Waals surface area contributed by atoms with Crippen LogP contribution in [0.3, 0.4) is 0 Å². The van der Waals surface area contributed by atoms with Gasteiger partial charge in [-0.3, -0.25) is 0 Å². The lowest BCUT2D eigenvalue weighted by Gasteiger charge is -1.96. The summed E-state index contributed by atoms with van der Waals surface area (Å²) in [5.41, 5.74) is 13.3. The van der Waals surface area contributed by atoms with E-state index in [1.165, 1.54) is 6.26 Å². The molecule has 1 heterocycles. The Hall–Kier alpha value is -1.97. The van der Waals surface area contributed by atoms with E-state index in [9.17, 15) is 0 Å². The Kier molecular flexibility index (Phi) is 1.66. The summed E-state index contributed by atoms with van der Waals surface area (Å²) in [6.45, 7) is 0. The average Bonchev–Trinajstić information content (AvgIpc) is 2.52. The van der Waals surface area contributed by atoms with Gasteiger partial charge in [-0.15, -0.1) is 0 Å². The molecule has 1 aromatic carbocycles. The molecule has 4 heteroatoms. The largest absolute Gasteiger partial charge is 0.432 e. The maximum atomic E-state index is 5.61. The van der Waals surface area contributed by atoms with Crippen LogP contribution in [0.25, 0.3) is 11.3 Å². The second-order valence-corrected chi connectivity index (χ2v) is 2.70. The third kappa shape index (κ3) is 1.46. The molecule has 0 atom stereocenters. The van der Waals surface area contributed by atoms with E-state index in [-0.39, 0.29) is 6.01 Å². The summed E-state index contributed by atoms with van der Waals surface area (Å²) in [6.07, 6.45) is 1.50. The fourth-order valence-electron chi connectivity index (χ4n) is 1.12. The first-order valence-corrected chi connectivity index (χ1v) is 3.82. The number of hydrogen-bond acceptors (Lipinski definition) is 4. The minimum atomic E-state index is 0.164. The first-order chi connectivity index (χ1) is 6.25. The summed E-state index contributed by atoms with van der Waals surface area (Å²) in [4.78, 5) is 3.98. The zero-order valence-electron chi connectivity index (χ0n) is 6.90. The van der Waals surface area contributed by atoms with Gasteiger partial charge in [0.15, 0.2) is 0 Å². The van der Waals surface area contributed by atoms with E-state index in [1.807, 2.05) is 24.3 Å². The minimum Gasteiger partial charge on any atom is -0.432 e. The molecule has 66 valence electrons. The number of nitrogen functional groups attached to an aromatic ring is 2. The van der Waals surface area contributed by atoms with Gasteiger partial charge >= 0.3 is 0 Å². The molecule has 0 aliphatic rings. The van der Waals surface area contributed by atoms with Crippen LogP contribution in [0.15, 0.2) is 34.9 Å². The molecule has 2 aromatic rings. The molecule has 0 amide bonds. The predicted molar refractivity (Wildman–Crippen MR) is 50.8 cm³/mol. The van der Waals surface area contributed by atoms with Crippen molar-refractivity contribution in [2.24, 2.45) is 0 Å². The first kappa shape index (κ1) is 7.67. The van der Waals surface area contributed by atoms with Crippen molar-refractivity contribution >= 4 is 11.7 Å². The lowest BCUT2D eigenvalue weighted by molar-refractivity contribution is 0.581. The zero-order valence-corrected chi connectivity index (χ0v) is 6.90. The van der Waals surface area contributed by atoms with Crippen molar-refractivity contribution in [1.82, 2.24) is 4.98 Å². The summed E-state index contributed by atoms with van der Waals surface area (Å²) in [5.74, 6) is 0. The molecular weight excluding hydrogens is 166 g/mol. The van der Waals surface area contributed by atoms with E-state index in [0.717, 1.165) is 5.56 Å². The van der Waals surface area contributed by atoms with Gasteiger partial charge in [0.05, 0.1) is 0 Å². The normalized spacial score (nSPS) is 10.2. The fourth-order valence-corrected chi connectivity index (χ4v) is 1.12. The molecule has 0 saturated heterocycles. The van der Waals surface area contributed by atoms with Gasteiger partial charge < -0.3 is 15.9 Å². The molecule has 0 aliphatic carbocycles. The van der Waals surface area contributed by atoms with E-state index in [2.05, 4.69) is 4.98 Å². The highest BCUT2D eigenvalue weighted by molar-refractivity contribution is 5.63. The van der Waals surface area contributed by atoms with Gasteiger partial charge in [0.2, 0.25) is 0 Å². The molecule has 0 radical (unpaired) electrons. The highest BCUT2D eigenvalue weighted by Crippen LogP contribution is 2.20. The van der Waals surface area contributed by atoms with Gasteiger partial charge in [-0.05, 0) is 12.1 Å². The number of rotatable bonds is 1. The number of aromatic nitrogens is 1. The Morgan fingerprint density at radius 2 is 2.08 bits per heavy atom. The Morgan fingerprint density at radius 1 is 1.23 bits per heavy atom. The smallest absolute Gasteiger partial charge is 0.292 e. The molecule has 13 heavy (non-hydrogen) atoms. The molecule has 4 nitrogen and oxygen atoms in total. The van der Waals surface area contributed by atoms with Crippen LogP contribution in [0.5, 0.6) is 0 Å². The van der Waals surface area contributed by atoms with E-state index < -0.39 is 0 Å². The SMILES string of the molecule is Nc1cccc(-c2coc(N)n2)c1. The van der Waals surface area contributed by atoms with Crippen LogP contribution in [-0.2, 0) is 0 Å². The second-order valence-electron chi connectivity index (χ2n) is 2.70. The van der Waals surface area contributed by atoms with Gasteiger partial charge in [0.1, 0.15) is 12.0 Å². The quantitative estimate of drug-likeness (QED) is 0.644. The number of benzene rings is 1. The van der Waals surface area contributed by atoms with Crippen molar-refractivity contribution in [2.75, 3.05) is 11.5 Å². The number of hydrogen-bond donors (Lipinski definition) is 2. The molecule has 0 aliphatic heterocycles. The Morgan fingerprint density at radius 3 is 2.69 bits per heavy atom. The number of nitrogens with two attached hydrogens (primary N) is 2. The van der Waals surface area contributed by atoms with Crippen LogP contribution < -0.4 is 11.5 Å². The van der Waals surface area contributed by atoms with Crippen LogP contribution in [0, 0.1) is 0 Å². The summed E-state index contributed by atoms with van der Waals surface area (Å²) in [7, 11) is 0. The molecule has 0 bridgehead atoms. The van der Waals surface area contributed by atoms with Gasteiger partial charge in [-0.1, -0.05) is 12.1 Å². The highest BCUT2D eigenvalue weighted by Gasteiger charge is 2.02. The summed E-state index contributed by atoms with van der Waals surface area (Å²) < 4.78 is 4.88. The molecule has 0 saturated carbocycles. The fraction of sp³-hybridized carbons (Fsp3) is 0. The summed E-state index contributed by atoms with van der Waals surface area (Å²) in [6, 6.07) is 7.55. The van der Waals surface area contributed by atoms with Crippen molar-refractivity contribution in [3.05, 3.63) is 30.5 Å². The molecule has 4 N–H and O–H groups in total. The van der Waals surface area contributed by atoms with Crippen molar-refractivity contribution < 1.29 is 4.42 Å². The molecule has 0 spiro atoms. The predicted octanol–water partition coefficient (Wildman–Crippen LogP) is 1.51. The number of anilines is 2. The van der Waals surface area contributed by atoms with Crippen LogP contribution in [0.2, 0.25) is 0 Å². The van der Waals surface area contributed by atoms with Crippen LogP contribution >= 0.6 is 0 Å². The number of oxazole rings is 1. The van der Waals surface area contributed by atoms with Gasteiger partial charge in [-0.2, -0.15) is 4.98 Å². The zero-order chi connectivity index (χ0) is 9.26. The van der Waals surface area contributed by atoms with Crippen LogP contribution in [0.1, 0.15) is 0 Å². The Bertz CT molecular complexity index is 422. The van der Waals surface area contributed by atoms with Gasteiger partial charge in [0, 0.05) is 11.3 Å². The van der Waals surface area contributed by atoms with Crippen LogP contribution in [-0.4, -0.2) is 4.98 Å². The Balaban J connectivity index is 2.46. The van der Waals surface area contributed by atoms with Crippen molar-refractivity contribution in [3.63, 3.8) is 0 Å². The highest BCUT2D eigenvalue weighted by atomic mass is 16.4. The standard InChI is InChI=1S/C9H9N3O/c10-7-3-1-2-6(4-7)8-5-13-9(11)12-8/h1-5H,10H2,(H2,11,12). The van der Waals surface area contributed by atoms with Gasteiger partial charge in [-0.25, -0.2) is 0 Å². The molecule has 2 rings (SSSR count). The van der Waals surface area contributed by atoms with Crippen molar-refractivity contribution in [2.45, 2.75) is 0 Å². The molecule has 0 fully saturated rings. The lowest BCUT2D eigenvalue weighted by atomic mass is 10.1. The van der Waals surface area contributed by atoms with E-state index in [4.69, 9.17) is 15.9 Å². The molecule has 1 aromatic heterocycles. The number of nitrogens with zero attached hydrogens (tertiary/aromatic N) is 1. The second kappa shape index (κ2) is 2.82. The third-order valence-electron chi connectivity index (χ3n) is 1.70. The maximum absolute atomic E-state index is 5.61. The van der Waals surface area contributed by atoms with Gasteiger partial charge in [0.25, 0.3) is 6.01 Å². The van der Waals surface area contributed by atoms with Crippen molar-refractivity contribution in [1.29, 1.82) is 0 Å². The monoisotopic (exact) mass is 175 g/mol. The average molecular weight is 175 g/mol. The van der Waals surface area contributed by atoms with Crippen molar-refractivity contribution in [3.8, 4) is 11.3 Å². The van der Waals surface area contributed by atoms with E-state index in [0.29, 0.717) is 11.4 Å². The van der Waals surface area contributed by atoms with E-state index >= 15 is 0 Å². The summed E-state index contributed by atoms with van der Waals surface area (Å²) >= 11 is 0. The topological polar surface area (TPSA) is 78.1 Å². The Labute approximate surface area is 75.2 Å². The lowest BCUT2D eigenvalue weighted by Crippen LogP contribution is -1.86. The van der Waals surface area contributed by atoms with E-state index in [1.54, 1.807) is 0 Å². The molecule has 0 unspecified atom stereocenters. The summed E-state index contributed by atoms with van der Waals surface area (Å²) in [5, 5.41) is 0. The minimum absolute atomic E-state index is 0.164. The third-order valence-corrected chi connectivity index (χ3v) is 1.70. The molecular formula is C9H9N3O. The first-order valence-electron chi connectivity index (χ1n) is 3.82.